The summed E-state index contributed by atoms with van der Waals surface area (Å²) in [5.41, 5.74) is 3.13. The maximum atomic E-state index is 12.7. The van der Waals surface area contributed by atoms with E-state index < -0.39 is 0 Å². The van der Waals surface area contributed by atoms with Crippen molar-refractivity contribution in [1.29, 1.82) is 5.26 Å². The van der Waals surface area contributed by atoms with E-state index in [1.165, 1.54) is 6.33 Å². The maximum Gasteiger partial charge on any atom is 0.253 e. The van der Waals surface area contributed by atoms with Gasteiger partial charge in [-0.2, -0.15) is 5.26 Å². The van der Waals surface area contributed by atoms with E-state index in [1.807, 2.05) is 26.8 Å². The van der Waals surface area contributed by atoms with E-state index in [4.69, 9.17) is 9.47 Å². The zero-order valence-electron chi connectivity index (χ0n) is 22.2. The Morgan fingerprint density at radius 3 is 2.51 bits per heavy atom. The van der Waals surface area contributed by atoms with Gasteiger partial charge in [-0.15, -0.1) is 5.10 Å². The minimum Gasteiger partial charge on any atom is -0.495 e. The number of ether oxygens (including phenoxy) is 2. The van der Waals surface area contributed by atoms with Gasteiger partial charge in [0.05, 0.1) is 24.9 Å². The molecule has 0 saturated heterocycles. The van der Waals surface area contributed by atoms with Gasteiger partial charge in [-0.05, 0) is 67.1 Å². The summed E-state index contributed by atoms with van der Waals surface area (Å²) in [7, 11) is 1.55. The van der Waals surface area contributed by atoms with Crippen LogP contribution in [0.15, 0.2) is 55.1 Å². The minimum atomic E-state index is -0.276. The zero-order valence-corrected chi connectivity index (χ0v) is 22.2. The van der Waals surface area contributed by atoms with Crippen molar-refractivity contribution in [2.45, 2.75) is 33.4 Å². The molecule has 39 heavy (non-hydrogen) atoms. The maximum absolute atomic E-state index is 12.7. The number of nitrogens with zero attached hydrogens (tertiary/aromatic N) is 8. The molecule has 12 heteroatoms. The summed E-state index contributed by atoms with van der Waals surface area (Å²) in [5.74, 6) is 1.26. The fraction of sp³-hybridized carbons (Fsp3) is 0.296. The van der Waals surface area contributed by atoms with E-state index >= 15 is 0 Å². The number of tetrazole rings is 1. The van der Waals surface area contributed by atoms with Crippen LogP contribution in [0.1, 0.15) is 36.7 Å². The molecule has 2 heterocycles. The second-order valence-corrected chi connectivity index (χ2v) is 8.60. The highest BCUT2D eigenvalue weighted by Crippen LogP contribution is 2.30. The number of methoxy groups -OCH3 is 1. The molecule has 2 aromatic carbocycles. The number of hydrogen-bond donors (Lipinski definition) is 1. The van der Waals surface area contributed by atoms with Gasteiger partial charge in [-0.3, -0.25) is 4.79 Å². The minimum absolute atomic E-state index is 0.0546. The van der Waals surface area contributed by atoms with Gasteiger partial charge >= 0.3 is 0 Å². The summed E-state index contributed by atoms with van der Waals surface area (Å²) in [6.45, 7) is 7.45. The number of hydrogen-bond acceptors (Lipinski definition) is 10. The van der Waals surface area contributed by atoms with Crippen molar-refractivity contribution in [2.75, 3.05) is 25.5 Å². The molecule has 0 bridgehead atoms. The molecule has 4 aromatic rings. The number of nitriles is 1. The fourth-order valence-electron chi connectivity index (χ4n) is 3.96. The summed E-state index contributed by atoms with van der Waals surface area (Å²) >= 11 is 0. The lowest BCUT2D eigenvalue weighted by molar-refractivity contribution is 0.0772. The lowest BCUT2D eigenvalue weighted by atomic mass is 10.1. The Labute approximate surface area is 226 Å². The average Bonchev–Trinajstić information content (AvgIpc) is 3.47. The zero-order chi connectivity index (χ0) is 27.8. The van der Waals surface area contributed by atoms with Gasteiger partial charge in [-0.25, -0.2) is 14.6 Å². The van der Waals surface area contributed by atoms with Gasteiger partial charge in [0.2, 0.25) is 5.95 Å². The molecule has 0 aliphatic carbocycles. The van der Waals surface area contributed by atoms with Crippen LogP contribution in [0, 0.1) is 11.3 Å². The van der Waals surface area contributed by atoms with Gasteiger partial charge in [0, 0.05) is 36.6 Å². The Hall–Kier alpha value is -5.05. The normalized spacial score (nSPS) is 11.4. The van der Waals surface area contributed by atoms with Crippen molar-refractivity contribution in [3.05, 3.63) is 66.2 Å². The average molecular weight is 528 g/mol. The van der Waals surface area contributed by atoms with Crippen LogP contribution in [0.3, 0.4) is 0 Å². The van der Waals surface area contributed by atoms with E-state index in [0.29, 0.717) is 53.9 Å². The largest absolute Gasteiger partial charge is 0.495 e. The molecule has 1 atom stereocenters. The van der Waals surface area contributed by atoms with Crippen LogP contribution in [-0.2, 0) is 6.54 Å². The Kier molecular flexibility index (Phi) is 8.63. The predicted molar refractivity (Wildman–Crippen MR) is 144 cm³/mol. The van der Waals surface area contributed by atoms with Gasteiger partial charge in [0.25, 0.3) is 5.91 Å². The summed E-state index contributed by atoms with van der Waals surface area (Å²) in [6, 6.07) is 12.7. The SMILES string of the molecule is CCN(CC)C(=O)c1ccc(Nc2ncc(-c3ccc(C#N)c(OC(C)Cn4cnnn4)c3)cn2)c(OC)c1. The number of amides is 1. The first kappa shape index (κ1) is 27.0. The molecule has 1 amide bonds. The molecule has 0 spiro atoms. The lowest BCUT2D eigenvalue weighted by Crippen LogP contribution is -2.30. The second kappa shape index (κ2) is 12.5. The van der Waals surface area contributed by atoms with Gasteiger partial charge in [-0.1, -0.05) is 6.07 Å². The van der Waals surface area contributed by atoms with Gasteiger partial charge in [0.1, 0.15) is 30.0 Å². The molecule has 200 valence electrons. The van der Waals surface area contributed by atoms with E-state index in [-0.39, 0.29) is 12.0 Å². The van der Waals surface area contributed by atoms with Crippen molar-refractivity contribution in [2.24, 2.45) is 0 Å². The van der Waals surface area contributed by atoms with Crippen molar-refractivity contribution in [3.8, 4) is 28.7 Å². The van der Waals surface area contributed by atoms with Crippen molar-refractivity contribution in [1.82, 2.24) is 35.1 Å². The lowest BCUT2D eigenvalue weighted by Gasteiger charge is -2.19. The Morgan fingerprint density at radius 1 is 1.10 bits per heavy atom. The molecular formula is C27H29N9O3. The van der Waals surface area contributed by atoms with Crippen LogP contribution < -0.4 is 14.8 Å². The van der Waals surface area contributed by atoms with Crippen molar-refractivity contribution >= 4 is 17.5 Å². The molecule has 0 fully saturated rings. The molecule has 1 unspecified atom stereocenters. The number of aromatic nitrogens is 6. The second-order valence-electron chi connectivity index (χ2n) is 8.60. The first-order valence-electron chi connectivity index (χ1n) is 12.4. The third-order valence-electron chi connectivity index (χ3n) is 6.00. The van der Waals surface area contributed by atoms with E-state index in [0.717, 1.165) is 11.1 Å². The van der Waals surface area contributed by atoms with E-state index in [1.54, 1.807) is 59.4 Å². The highest BCUT2D eigenvalue weighted by atomic mass is 16.5. The molecular weight excluding hydrogens is 498 g/mol. The topological polar surface area (TPSA) is 144 Å². The molecule has 2 aromatic heterocycles. The first-order valence-corrected chi connectivity index (χ1v) is 12.4. The summed E-state index contributed by atoms with van der Waals surface area (Å²) < 4.78 is 13.1. The molecule has 0 aliphatic rings. The number of anilines is 2. The smallest absolute Gasteiger partial charge is 0.253 e. The molecule has 1 N–H and O–H groups in total. The summed E-state index contributed by atoms with van der Waals surface area (Å²) in [6.07, 6.45) is 4.58. The molecule has 4 rings (SSSR count). The molecule has 0 saturated carbocycles. The Balaban J connectivity index is 1.49. The number of carbonyl (C=O) groups is 1. The molecule has 12 nitrogen and oxygen atoms in total. The van der Waals surface area contributed by atoms with Gasteiger partial charge in [0.15, 0.2) is 0 Å². The molecule has 0 aliphatic heterocycles. The third-order valence-corrected chi connectivity index (χ3v) is 6.00. The highest BCUT2D eigenvalue weighted by Gasteiger charge is 2.16. The standard InChI is InChI=1S/C27H29N9O3/c1-5-35(6-2)26(37)20-9-10-23(25(12-20)38-4)32-27-29-14-22(15-30-27)19-7-8-21(13-28)24(11-19)39-18(3)16-36-17-31-33-34-36/h7-12,14-15,17-18H,5-6,16H2,1-4H3,(H,29,30,32). The van der Waals surface area contributed by atoms with Crippen LogP contribution in [0.4, 0.5) is 11.6 Å². The highest BCUT2D eigenvalue weighted by molar-refractivity contribution is 5.95. The van der Waals surface area contributed by atoms with Crippen LogP contribution >= 0.6 is 0 Å². The Bertz CT molecular complexity index is 1450. The first-order chi connectivity index (χ1) is 18.9. The van der Waals surface area contributed by atoms with Crippen LogP contribution in [0.5, 0.6) is 11.5 Å². The molecule has 0 radical (unpaired) electrons. The van der Waals surface area contributed by atoms with Crippen LogP contribution in [0.25, 0.3) is 11.1 Å². The number of nitrogens with one attached hydrogen (secondary N) is 1. The summed E-state index contributed by atoms with van der Waals surface area (Å²) in [5, 5.41) is 23.8. The van der Waals surface area contributed by atoms with Crippen molar-refractivity contribution < 1.29 is 14.3 Å². The van der Waals surface area contributed by atoms with Crippen molar-refractivity contribution in [3.63, 3.8) is 0 Å². The quantitative estimate of drug-likeness (QED) is 0.306. The summed E-state index contributed by atoms with van der Waals surface area (Å²) in [4.78, 5) is 23.3. The van der Waals surface area contributed by atoms with E-state index in [2.05, 4.69) is 36.9 Å². The van der Waals surface area contributed by atoms with E-state index in [9.17, 15) is 10.1 Å². The number of carbonyl (C=O) groups excluding carboxylic acids is 1. The third kappa shape index (κ3) is 6.45. The monoisotopic (exact) mass is 527 g/mol. The fourth-order valence-corrected chi connectivity index (χ4v) is 3.96. The number of rotatable bonds is 11. The van der Waals surface area contributed by atoms with Crippen LogP contribution in [0.2, 0.25) is 0 Å². The van der Waals surface area contributed by atoms with Gasteiger partial charge < -0.3 is 19.7 Å². The van der Waals surface area contributed by atoms with Crippen LogP contribution in [-0.4, -0.2) is 67.3 Å². The Morgan fingerprint density at radius 2 is 1.87 bits per heavy atom. The predicted octanol–water partition coefficient (Wildman–Crippen LogP) is 3.70. The number of benzene rings is 2.